The number of hydrogen-bond acceptors (Lipinski definition) is 5. The highest BCUT2D eigenvalue weighted by Gasteiger charge is 2.19. The van der Waals surface area contributed by atoms with Crippen LogP contribution in [0.3, 0.4) is 0 Å². The molecule has 1 heterocycles. The van der Waals surface area contributed by atoms with Crippen molar-refractivity contribution in [1.82, 2.24) is 4.72 Å². The molecule has 1 aromatic rings. The molecule has 1 aliphatic heterocycles. The molecule has 0 unspecified atom stereocenters. The number of para-hydroxylation sites is 1. The van der Waals surface area contributed by atoms with Gasteiger partial charge in [0.1, 0.15) is 0 Å². The number of sulfone groups is 1. The SMILES string of the molecule is CS(=O)(=O)CS(=O)(=O)NCc1cccc2c1NCCC2. The van der Waals surface area contributed by atoms with E-state index in [2.05, 4.69) is 10.0 Å². The van der Waals surface area contributed by atoms with Gasteiger partial charge in [-0.15, -0.1) is 0 Å². The first-order valence-electron chi connectivity index (χ1n) is 6.26. The van der Waals surface area contributed by atoms with E-state index in [-0.39, 0.29) is 6.54 Å². The fourth-order valence-electron chi connectivity index (χ4n) is 2.24. The molecule has 1 aromatic carbocycles. The minimum absolute atomic E-state index is 0.0913. The first-order valence-corrected chi connectivity index (χ1v) is 9.98. The molecule has 0 amide bonds. The van der Waals surface area contributed by atoms with Gasteiger partial charge >= 0.3 is 0 Å². The van der Waals surface area contributed by atoms with Gasteiger partial charge in [0.05, 0.1) is 0 Å². The molecule has 2 N–H and O–H groups in total. The Kier molecular flexibility index (Phi) is 4.36. The van der Waals surface area contributed by atoms with Gasteiger partial charge in [-0.3, -0.25) is 0 Å². The highest BCUT2D eigenvalue weighted by atomic mass is 32.3. The zero-order valence-corrected chi connectivity index (χ0v) is 12.9. The maximum atomic E-state index is 11.7. The van der Waals surface area contributed by atoms with E-state index in [0.717, 1.165) is 42.5 Å². The monoisotopic (exact) mass is 318 g/mol. The number of benzene rings is 1. The summed E-state index contributed by atoms with van der Waals surface area (Å²) in [4.78, 5) is 0. The number of fused-ring (bicyclic) bond motifs is 1. The third-order valence-electron chi connectivity index (χ3n) is 3.01. The molecule has 0 aliphatic carbocycles. The van der Waals surface area contributed by atoms with Gasteiger partial charge in [-0.05, 0) is 24.0 Å². The lowest BCUT2D eigenvalue weighted by Crippen LogP contribution is -2.30. The van der Waals surface area contributed by atoms with Gasteiger partial charge in [0.25, 0.3) is 0 Å². The number of nitrogens with one attached hydrogen (secondary N) is 2. The van der Waals surface area contributed by atoms with E-state index in [1.165, 1.54) is 0 Å². The Hall–Kier alpha value is -1.12. The standard InChI is InChI=1S/C12H18N2O4S2/c1-19(15,16)9-20(17,18)14-8-11-5-2-4-10-6-3-7-13-12(10)11/h2,4-5,13-14H,3,6-9H2,1H3. The van der Waals surface area contributed by atoms with Crippen LogP contribution in [0.15, 0.2) is 18.2 Å². The first-order chi connectivity index (χ1) is 9.27. The van der Waals surface area contributed by atoms with Crippen molar-refractivity contribution in [1.29, 1.82) is 0 Å². The number of sulfonamides is 1. The van der Waals surface area contributed by atoms with E-state index in [9.17, 15) is 16.8 Å². The molecular weight excluding hydrogens is 300 g/mol. The molecule has 0 aromatic heterocycles. The maximum absolute atomic E-state index is 11.7. The van der Waals surface area contributed by atoms with E-state index in [1.54, 1.807) is 0 Å². The van der Waals surface area contributed by atoms with Crippen molar-refractivity contribution in [3.05, 3.63) is 29.3 Å². The highest BCUT2D eigenvalue weighted by molar-refractivity contribution is 8.06. The fraction of sp³-hybridized carbons (Fsp3) is 0.500. The van der Waals surface area contributed by atoms with E-state index >= 15 is 0 Å². The number of rotatable bonds is 5. The lowest BCUT2D eigenvalue weighted by Gasteiger charge is -2.21. The van der Waals surface area contributed by atoms with Crippen LogP contribution in [0.5, 0.6) is 0 Å². The predicted molar refractivity (Wildman–Crippen MR) is 78.7 cm³/mol. The van der Waals surface area contributed by atoms with Crippen molar-refractivity contribution in [3.8, 4) is 0 Å². The van der Waals surface area contributed by atoms with Crippen molar-refractivity contribution in [2.75, 3.05) is 23.2 Å². The van der Waals surface area contributed by atoms with E-state index in [4.69, 9.17) is 0 Å². The molecule has 1 aliphatic rings. The summed E-state index contributed by atoms with van der Waals surface area (Å²) in [7, 11) is -7.40. The van der Waals surface area contributed by atoms with Crippen LogP contribution < -0.4 is 10.0 Å². The van der Waals surface area contributed by atoms with Crippen molar-refractivity contribution in [2.45, 2.75) is 19.4 Å². The van der Waals surface area contributed by atoms with Crippen LogP contribution in [-0.2, 0) is 32.8 Å². The fourth-order valence-corrected chi connectivity index (χ4v) is 5.20. The van der Waals surface area contributed by atoms with Gasteiger partial charge in [0, 0.05) is 25.0 Å². The summed E-state index contributed by atoms with van der Waals surface area (Å²) in [6.45, 7) is 0.953. The largest absolute Gasteiger partial charge is 0.385 e. The van der Waals surface area contributed by atoms with Crippen molar-refractivity contribution in [3.63, 3.8) is 0 Å². The summed E-state index contributed by atoms with van der Waals surface area (Å²) in [5.74, 6) is 0. The van der Waals surface area contributed by atoms with Gasteiger partial charge in [0.2, 0.25) is 10.0 Å². The Morgan fingerprint density at radius 3 is 2.70 bits per heavy atom. The maximum Gasteiger partial charge on any atom is 0.226 e. The quantitative estimate of drug-likeness (QED) is 0.823. The molecule has 20 heavy (non-hydrogen) atoms. The van der Waals surface area contributed by atoms with Crippen molar-refractivity contribution in [2.24, 2.45) is 0 Å². The minimum Gasteiger partial charge on any atom is -0.385 e. The van der Waals surface area contributed by atoms with Crippen LogP contribution >= 0.6 is 0 Å². The molecular formula is C12H18N2O4S2. The van der Waals surface area contributed by atoms with Crippen LogP contribution in [0.1, 0.15) is 17.5 Å². The normalized spacial score (nSPS) is 15.4. The van der Waals surface area contributed by atoms with Crippen LogP contribution in [0.2, 0.25) is 0 Å². The van der Waals surface area contributed by atoms with Crippen molar-refractivity contribution >= 4 is 25.5 Å². The minimum atomic E-state index is -3.83. The lowest BCUT2D eigenvalue weighted by molar-refractivity contribution is 0.580. The summed E-state index contributed by atoms with van der Waals surface area (Å²) in [5.41, 5.74) is 2.95. The molecule has 6 nitrogen and oxygen atoms in total. The topological polar surface area (TPSA) is 92.3 Å². The molecule has 0 fully saturated rings. The Labute approximate surface area is 119 Å². The van der Waals surface area contributed by atoms with Gasteiger partial charge < -0.3 is 5.32 Å². The Morgan fingerprint density at radius 1 is 1.25 bits per heavy atom. The van der Waals surface area contributed by atoms with Crippen LogP contribution in [0.25, 0.3) is 0 Å². The second-order valence-electron chi connectivity index (χ2n) is 4.96. The summed E-state index contributed by atoms with van der Waals surface area (Å²) in [6.07, 6.45) is 2.92. The predicted octanol–water partition coefficient (Wildman–Crippen LogP) is 0.466. The second kappa shape index (κ2) is 5.71. The summed E-state index contributed by atoms with van der Waals surface area (Å²) in [6, 6.07) is 5.72. The van der Waals surface area contributed by atoms with Gasteiger partial charge in [0.15, 0.2) is 14.9 Å². The number of hydrogen-bond donors (Lipinski definition) is 2. The Bertz CT molecular complexity index is 696. The number of aryl methyl sites for hydroxylation is 1. The molecule has 8 heteroatoms. The van der Waals surface area contributed by atoms with Gasteiger partial charge in [-0.1, -0.05) is 18.2 Å². The van der Waals surface area contributed by atoms with Crippen LogP contribution in [0.4, 0.5) is 5.69 Å². The molecule has 0 bridgehead atoms. The second-order valence-corrected chi connectivity index (χ2v) is 9.27. The smallest absolute Gasteiger partial charge is 0.226 e. The summed E-state index contributed by atoms with van der Waals surface area (Å²) < 4.78 is 47.8. The molecule has 0 saturated heterocycles. The van der Waals surface area contributed by atoms with Crippen LogP contribution in [0, 0.1) is 0 Å². The number of anilines is 1. The van der Waals surface area contributed by atoms with E-state index < -0.39 is 24.9 Å². The summed E-state index contributed by atoms with van der Waals surface area (Å²) in [5, 5.41) is 2.38. The van der Waals surface area contributed by atoms with E-state index in [1.807, 2.05) is 18.2 Å². The zero-order chi connectivity index (χ0) is 14.8. The first kappa shape index (κ1) is 15.3. The molecule has 0 saturated carbocycles. The highest BCUT2D eigenvalue weighted by Crippen LogP contribution is 2.25. The molecule has 0 radical (unpaired) electrons. The van der Waals surface area contributed by atoms with E-state index in [0.29, 0.717) is 0 Å². The zero-order valence-electron chi connectivity index (χ0n) is 11.2. The van der Waals surface area contributed by atoms with Crippen molar-refractivity contribution < 1.29 is 16.8 Å². The average Bonchev–Trinajstić information content (AvgIpc) is 2.33. The average molecular weight is 318 g/mol. The molecule has 2 rings (SSSR count). The molecule has 0 spiro atoms. The lowest BCUT2D eigenvalue weighted by atomic mass is 9.99. The summed E-state index contributed by atoms with van der Waals surface area (Å²) >= 11 is 0. The third-order valence-corrected chi connectivity index (χ3v) is 6.55. The third kappa shape index (κ3) is 4.19. The van der Waals surface area contributed by atoms with Gasteiger partial charge in [-0.2, -0.15) is 0 Å². The Balaban J connectivity index is 2.12. The molecule has 0 atom stereocenters. The van der Waals surface area contributed by atoms with Gasteiger partial charge in [-0.25, -0.2) is 21.6 Å². The molecule has 112 valence electrons. The Morgan fingerprint density at radius 2 is 2.00 bits per heavy atom. The van der Waals surface area contributed by atoms with Crippen LogP contribution in [-0.4, -0.2) is 34.7 Å².